The fourth-order valence-corrected chi connectivity index (χ4v) is 4.88. The number of hydrogen-bond acceptors (Lipinski definition) is 3. The van der Waals surface area contributed by atoms with E-state index in [1.54, 1.807) is 11.3 Å². The third kappa shape index (κ3) is 3.44. The minimum Gasteiger partial charge on any atom is -0.351 e. The van der Waals surface area contributed by atoms with Crippen LogP contribution in [0, 0.1) is 12.8 Å². The van der Waals surface area contributed by atoms with Gasteiger partial charge < -0.3 is 5.32 Å². The molecule has 0 saturated heterocycles. The number of thiophene rings is 1. The van der Waals surface area contributed by atoms with Gasteiger partial charge in [-0.1, -0.05) is 32.0 Å². The van der Waals surface area contributed by atoms with Crippen LogP contribution in [0.2, 0.25) is 0 Å². The number of hydrogen-bond donors (Lipinski definition) is 1. The Morgan fingerprint density at radius 1 is 1.26 bits per heavy atom. The number of nitrogens with zero attached hydrogens (tertiary/aromatic N) is 2. The van der Waals surface area contributed by atoms with Gasteiger partial charge in [-0.2, -0.15) is 5.10 Å². The second-order valence-corrected chi connectivity index (χ2v) is 8.61. The van der Waals surface area contributed by atoms with E-state index in [0.29, 0.717) is 5.92 Å². The Morgan fingerprint density at radius 2 is 2.04 bits per heavy atom. The Hall–Kier alpha value is -2.40. The Labute approximate surface area is 164 Å². The molecule has 0 fully saturated rings. The van der Waals surface area contributed by atoms with Gasteiger partial charge in [-0.05, 0) is 55.9 Å². The number of rotatable bonds is 5. The van der Waals surface area contributed by atoms with E-state index in [9.17, 15) is 4.79 Å². The lowest BCUT2D eigenvalue weighted by molar-refractivity contribution is 0.0956. The van der Waals surface area contributed by atoms with E-state index in [-0.39, 0.29) is 5.91 Å². The van der Waals surface area contributed by atoms with Gasteiger partial charge in [0.15, 0.2) is 0 Å². The quantitative estimate of drug-likeness (QED) is 0.693. The zero-order valence-electron chi connectivity index (χ0n) is 16.1. The van der Waals surface area contributed by atoms with Crippen molar-refractivity contribution in [2.75, 3.05) is 6.54 Å². The average molecular weight is 380 g/mol. The van der Waals surface area contributed by atoms with Crippen molar-refractivity contribution in [3.8, 4) is 16.1 Å². The zero-order chi connectivity index (χ0) is 19.0. The Bertz CT molecular complexity index is 969. The summed E-state index contributed by atoms with van der Waals surface area (Å²) < 4.78 is 2.07. The summed E-state index contributed by atoms with van der Waals surface area (Å²) in [5, 5.41) is 7.87. The molecule has 2 aromatic heterocycles. The van der Waals surface area contributed by atoms with Crippen LogP contribution in [-0.2, 0) is 12.8 Å². The smallest absolute Gasteiger partial charge is 0.261 e. The summed E-state index contributed by atoms with van der Waals surface area (Å²) in [4.78, 5) is 14.6. The minimum absolute atomic E-state index is 0.0460. The van der Waals surface area contributed by atoms with Gasteiger partial charge in [0.1, 0.15) is 0 Å². The molecule has 0 spiro atoms. The van der Waals surface area contributed by atoms with Crippen molar-refractivity contribution < 1.29 is 4.79 Å². The first-order valence-corrected chi connectivity index (χ1v) is 10.4. The van der Waals surface area contributed by atoms with Gasteiger partial charge in [-0.15, -0.1) is 11.3 Å². The van der Waals surface area contributed by atoms with Gasteiger partial charge in [0, 0.05) is 17.0 Å². The number of carbonyl (C=O) groups excluding carboxylic acids is 1. The molecule has 1 N–H and O–H groups in total. The van der Waals surface area contributed by atoms with Crippen LogP contribution in [0.4, 0.5) is 0 Å². The van der Waals surface area contributed by atoms with Crippen LogP contribution >= 0.6 is 11.3 Å². The third-order valence-electron chi connectivity index (χ3n) is 5.06. The number of benzene rings is 1. The van der Waals surface area contributed by atoms with Gasteiger partial charge in [0.2, 0.25) is 0 Å². The lowest BCUT2D eigenvalue weighted by Crippen LogP contribution is -2.24. The topological polar surface area (TPSA) is 46.9 Å². The van der Waals surface area contributed by atoms with Crippen LogP contribution in [0.3, 0.4) is 0 Å². The molecule has 1 aliphatic rings. The van der Waals surface area contributed by atoms with Crippen LogP contribution in [0.1, 0.15) is 46.9 Å². The largest absolute Gasteiger partial charge is 0.351 e. The fraction of sp³-hybridized carbons (Fsp3) is 0.364. The summed E-state index contributed by atoms with van der Waals surface area (Å²) in [6.45, 7) is 7.14. The number of carbonyl (C=O) groups is 1. The van der Waals surface area contributed by atoms with Crippen molar-refractivity contribution in [1.29, 1.82) is 0 Å². The molecular formula is C22H25N3OS. The van der Waals surface area contributed by atoms with Crippen LogP contribution < -0.4 is 5.32 Å². The van der Waals surface area contributed by atoms with Crippen LogP contribution in [0.5, 0.6) is 0 Å². The molecule has 4 rings (SSSR count). The highest BCUT2D eigenvalue weighted by atomic mass is 32.1. The maximum atomic E-state index is 12.5. The van der Waals surface area contributed by atoms with E-state index in [1.807, 2.05) is 18.2 Å². The normalized spacial score (nSPS) is 12.7. The molecule has 0 saturated carbocycles. The molecule has 5 heteroatoms. The predicted octanol–water partition coefficient (Wildman–Crippen LogP) is 4.78. The average Bonchev–Trinajstić information content (AvgIpc) is 3.23. The summed E-state index contributed by atoms with van der Waals surface area (Å²) >= 11 is 1.60. The van der Waals surface area contributed by atoms with Crippen LogP contribution in [0.25, 0.3) is 16.1 Å². The maximum absolute atomic E-state index is 12.5. The van der Waals surface area contributed by atoms with E-state index in [4.69, 9.17) is 5.10 Å². The summed E-state index contributed by atoms with van der Waals surface area (Å²) in [5.41, 5.74) is 5.86. The first-order valence-electron chi connectivity index (χ1n) is 9.59. The number of nitrogens with one attached hydrogen (secondary N) is 1. The third-order valence-corrected chi connectivity index (χ3v) is 6.25. The molecule has 0 atom stereocenters. The van der Waals surface area contributed by atoms with E-state index in [1.165, 1.54) is 21.7 Å². The summed E-state index contributed by atoms with van der Waals surface area (Å²) in [6, 6.07) is 12.4. The van der Waals surface area contributed by atoms with E-state index >= 15 is 0 Å². The molecule has 2 heterocycles. The standard InChI is InChI=1S/C22H25N3OS/c1-14(2)11-12-23-22(26)19-13-16-9-10-18-20(21(16)27-19)15(3)24-25(18)17-7-5-4-6-8-17/h4-8,13-14H,9-12H2,1-3H3,(H,23,26). The first kappa shape index (κ1) is 18.0. The molecule has 3 aromatic rings. The van der Waals surface area contributed by atoms with Gasteiger partial charge in [0.25, 0.3) is 5.91 Å². The molecule has 1 aliphatic carbocycles. The van der Waals surface area contributed by atoms with E-state index < -0.39 is 0 Å². The highest BCUT2D eigenvalue weighted by Gasteiger charge is 2.27. The van der Waals surface area contributed by atoms with Crippen molar-refractivity contribution in [2.24, 2.45) is 5.92 Å². The van der Waals surface area contributed by atoms with Crippen LogP contribution in [0.15, 0.2) is 36.4 Å². The number of fused-ring (bicyclic) bond motifs is 3. The zero-order valence-corrected chi connectivity index (χ0v) is 16.9. The van der Waals surface area contributed by atoms with Crippen molar-refractivity contribution in [3.63, 3.8) is 0 Å². The van der Waals surface area contributed by atoms with Crippen molar-refractivity contribution in [2.45, 2.75) is 40.0 Å². The first-order chi connectivity index (χ1) is 13.0. The van der Waals surface area contributed by atoms with Crippen molar-refractivity contribution in [3.05, 3.63) is 58.2 Å². The summed E-state index contributed by atoms with van der Waals surface area (Å²) in [6.07, 6.45) is 2.91. The molecule has 27 heavy (non-hydrogen) atoms. The molecule has 140 valence electrons. The van der Waals surface area contributed by atoms with E-state index in [2.05, 4.69) is 49.0 Å². The van der Waals surface area contributed by atoms with E-state index in [0.717, 1.165) is 42.1 Å². The molecule has 0 bridgehead atoms. The van der Waals surface area contributed by atoms with Gasteiger partial charge >= 0.3 is 0 Å². The SMILES string of the molecule is Cc1nn(-c2ccccc2)c2c1-c1sc(C(=O)NCCC(C)C)cc1CC2. The molecule has 0 unspecified atom stereocenters. The number of amides is 1. The highest BCUT2D eigenvalue weighted by Crippen LogP contribution is 2.42. The van der Waals surface area contributed by atoms with Gasteiger partial charge in [0.05, 0.1) is 22.0 Å². The second-order valence-electron chi connectivity index (χ2n) is 7.56. The molecule has 0 radical (unpaired) electrons. The Balaban J connectivity index is 1.65. The minimum atomic E-state index is 0.0460. The second kappa shape index (κ2) is 7.31. The monoisotopic (exact) mass is 379 g/mol. The molecule has 4 nitrogen and oxygen atoms in total. The summed E-state index contributed by atoms with van der Waals surface area (Å²) in [5.74, 6) is 0.639. The Kier molecular flexibility index (Phi) is 4.87. The van der Waals surface area contributed by atoms with Crippen molar-refractivity contribution in [1.82, 2.24) is 15.1 Å². The number of aromatic nitrogens is 2. The molecule has 0 aliphatic heterocycles. The molecule has 1 aromatic carbocycles. The Morgan fingerprint density at radius 3 is 2.78 bits per heavy atom. The van der Waals surface area contributed by atoms with Crippen LogP contribution in [-0.4, -0.2) is 22.2 Å². The highest BCUT2D eigenvalue weighted by molar-refractivity contribution is 7.17. The van der Waals surface area contributed by atoms with Gasteiger partial charge in [-0.25, -0.2) is 4.68 Å². The molecule has 1 amide bonds. The number of aryl methyl sites for hydroxylation is 2. The van der Waals surface area contributed by atoms with Gasteiger partial charge in [-0.3, -0.25) is 4.79 Å². The fourth-order valence-electron chi connectivity index (χ4n) is 3.64. The maximum Gasteiger partial charge on any atom is 0.261 e. The number of para-hydroxylation sites is 1. The van der Waals surface area contributed by atoms with Crippen molar-refractivity contribution >= 4 is 17.2 Å². The lowest BCUT2D eigenvalue weighted by atomic mass is 9.95. The summed E-state index contributed by atoms with van der Waals surface area (Å²) in [7, 11) is 0. The lowest BCUT2D eigenvalue weighted by Gasteiger charge is -2.14. The molecular weight excluding hydrogens is 354 g/mol. The predicted molar refractivity (Wildman–Crippen MR) is 111 cm³/mol.